The van der Waals surface area contributed by atoms with E-state index in [1.807, 2.05) is 0 Å². The van der Waals surface area contributed by atoms with Gasteiger partial charge in [-0.1, -0.05) is 0 Å². The Balaban J connectivity index is 1.31. The van der Waals surface area contributed by atoms with Gasteiger partial charge in [-0.05, 0) is 69.6 Å². The molecule has 0 atom stereocenters. The van der Waals surface area contributed by atoms with Crippen LogP contribution in [0.25, 0.3) is 0 Å². The normalized spacial score (nSPS) is 31.5. The molecule has 0 aromatic carbocycles. The van der Waals surface area contributed by atoms with Gasteiger partial charge in [-0.15, -0.1) is 0 Å². The highest BCUT2D eigenvalue weighted by Crippen LogP contribution is 2.60. The van der Waals surface area contributed by atoms with Crippen molar-refractivity contribution >= 4 is 17.8 Å². The Morgan fingerprint density at radius 2 is 1.54 bits per heavy atom. The summed E-state index contributed by atoms with van der Waals surface area (Å²) in [6, 6.07) is 0. The number of carbonyl (C=O) groups excluding carboxylic acids is 3. The van der Waals surface area contributed by atoms with Crippen LogP contribution in [-0.4, -0.2) is 37.5 Å². The van der Waals surface area contributed by atoms with Crippen molar-refractivity contribution in [2.45, 2.75) is 64.7 Å². The van der Waals surface area contributed by atoms with Crippen molar-refractivity contribution in [3.8, 4) is 0 Å². The number of amides is 2. The summed E-state index contributed by atoms with van der Waals surface area (Å²) in [7, 11) is 0. The van der Waals surface area contributed by atoms with E-state index in [0.29, 0.717) is 32.5 Å². The summed E-state index contributed by atoms with van der Waals surface area (Å²) in [4.78, 5) is 35.9. The summed E-state index contributed by atoms with van der Waals surface area (Å²) in [5.41, 5.74) is -0.148. The Labute approximate surface area is 155 Å². The van der Waals surface area contributed by atoms with Gasteiger partial charge in [0.25, 0.3) is 0 Å². The number of hydrogen-bond acceptors (Lipinski definition) is 4. The summed E-state index contributed by atoms with van der Waals surface area (Å²) in [6.07, 6.45) is 8.28. The molecule has 0 unspecified atom stereocenters. The van der Waals surface area contributed by atoms with Gasteiger partial charge >= 0.3 is 5.97 Å². The molecule has 0 spiro atoms. The van der Waals surface area contributed by atoms with E-state index in [1.54, 1.807) is 6.92 Å². The molecule has 0 heterocycles. The molecule has 26 heavy (non-hydrogen) atoms. The maximum absolute atomic E-state index is 12.8. The van der Waals surface area contributed by atoms with Crippen molar-refractivity contribution in [2.24, 2.45) is 23.2 Å². The summed E-state index contributed by atoms with van der Waals surface area (Å²) in [5, 5.41) is 5.81. The van der Waals surface area contributed by atoms with Crippen LogP contribution in [0.15, 0.2) is 0 Å². The van der Waals surface area contributed by atoms with Crippen molar-refractivity contribution in [1.82, 2.24) is 10.6 Å². The molecule has 0 aromatic rings. The zero-order valence-electron chi connectivity index (χ0n) is 15.9. The van der Waals surface area contributed by atoms with E-state index in [0.717, 1.165) is 37.0 Å². The van der Waals surface area contributed by atoms with E-state index < -0.39 is 0 Å². The van der Waals surface area contributed by atoms with Gasteiger partial charge in [0, 0.05) is 31.3 Å². The van der Waals surface area contributed by atoms with Crippen LogP contribution in [0.1, 0.15) is 64.7 Å². The fraction of sp³-hybridized carbons (Fsp3) is 0.850. The summed E-state index contributed by atoms with van der Waals surface area (Å²) >= 11 is 0. The molecular weight excluding hydrogens is 332 g/mol. The average Bonchev–Trinajstić information content (AvgIpc) is 2.57. The van der Waals surface area contributed by atoms with Gasteiger partial charge in [-0.3, -0.25) is 14.4 Å². The Morgan fingerprint density at radius 3 is 2.12 bits per heavy atom. The quantitative estimate of drug-likeness (QED) is 0.485. The number of esters is 1. The molecule has 6 nitrogen and oxygen atoms in total. The molecule has 0 aliphatic heterocycles. The third-order valence-electron chi connectivity index (χ3n) is 6.34. The lowest BCUT2D eigenvalue weighted by atomic mass is 9.49. The molecule has 146 valence electrons. The van der Waals surface area contributed by atoms with Crippen molar-refractivity contribution < 1.29 is 19.1 Å². The highest BCUT2D eigenvalue weighted by molar-refractivity contribution is 5.84. The minimum absolute atomic E-state index is 0.0836. The first-order valence-electron chi connectivity index (χ1n) is 10.2. The number of nitrogens with one attached hydrogen (secondary N) is 2. The van der Waals surface area contributed by atoms with Gasteiger partial charge in [-0.2, -0.15) is 0 Å². The zero-order chi connectivity index (χ0) is 18.6. The molecule has 2 amide bonds. The first-order chi connectivity index (χ1) is 12.5. The fourth-order valence-electron chi connectivity index (χ4n) is 5.65. The van der Waals surface area contributed by atoms with Crippen LogP contribution in [0.2, 0.25) is 0 Å². The summed E-state index contributed by atoms with van der Waals surface area (Å²) < 4.78 is 4.84. The van der Waals surface area contributed by atoms with Crippen LogP contribution in [0, 0.1) is 23.2 Å². The molecule has 6 heteroatoms. The minimum Gasteiger partial charge on any atom is -0.466 e. The Hall–Kier alpha value is -1.59. The predicted octanol–water partition coefficient (Wildman–Crippen LogP) is 2.17. The molecule has 4 aliphatic carbocycles. The molecule has 4 fully saturated rings. The second-order valence-electron chi connectivity index (χ2n) is 8.46. The molecule has 0 radical (unpaired) electrons. The largest absolute Gasteiger partial charge is 0.466 e. The van der Waals surface area contributed by atoms with Gasteiger partial charge in [-0.25, -0.2) is 0 Å². The molecule has 4 aliphatic rings. The van der Waals surface area contributed by atoms with Crippen LogP contribution in [0.5, 0.6) is 0 Å². The first kappa shape index (κ1) is 19.2. The second-order valence-corrected chi connectivity index (χ2v) is 8.46. The molecule has 4 bridgehead atoms. The number of carbonyl (C=O) groups is 3. The Morgan fingerprint density at radius 1 is 0.923 bits per heavy atom. The van der Waals surface area contributed by atoms with Crippen molar-refractivity contribution in [3.05, 3.63) is 0 Å². The van der Waals surface area contributed by atoms with Gasteiger partial charge in [0.15, 0.2) is 0 Å². The van der Waals surface area contributed by atoms with Crippen molar-refractivity contribution in [3.63, 3.8) is 0 Å². The molecule has 4 rings (SSSR count). The van der Waals surface area contributed by atoms with E-state index in [2.05, 4.69) is 10.6 Å². The third kappa shape index (κ3) is 4.57. The first-order valence-corrected chi connectivity index (χ1v) is 10.2. The Kier molecular flexibility index (Phi) is 6.20. The fourth-order valence-corrected chi connectivity index (χ4v) is 5.65. The summed E-state index contributed by atoms with van der Waals surface area (Å²) in [6.45, 7) is 3.01. The van der Waals surface area contributed by atoms with Crippen molar-refractivity contribution in [2.75, 3.05) is 19.7 Å². The smallest absolute Gasteiger partial charge is 0.305 e. The molecule has 2 N–H and O–H groups in total. The number of hydrogen-bond donors (Lipinski definition) is 2. The topological polar surface area (TPSA) is 84.5 Å². The lowest BCUT2D eigenvalue weighted by Gasteiger charge is -2.55. The number of ether oxygens (including phenoxy) is 1. The maximum Gasteiger partial charge on any atom is 0.305 e. The molecule has 0 saturated heterocycles. The third-order valence-corrected chi connectivity index (χ3v) is 6.34. The number of rotatable bonds is 9. The van der Waals surface area contributed by atoms with Crippen LogP contribution in [0.4, 0.5) is 0 Å². The lowest BCUT2D eigenvalue weighted by molar-refractivity contribution is -0.146. The predicted molar refractivity (Wildman–Crippen MR) is 97.1 cm³/mol. The zero-order valence-corrected chi connectivity index (χ0v) is 15.9. The van der Waals surface area contributed by atoms with Gasteiger partial charge in [0.05, 0.1) is 6.61 Å². The standard InChI is InChI=1S/C20H32N2O4/c1-2-26-18(24)4-3-6-21-17(23)5-7-22-19(25)20-11-14-8-15(12-20)10-16(9-14)13-20/h14-16H,2-13H2,1H3,(H,21,23)(H,22,25). The second kappa shape index (κ2) is 8.40. The monoisotopic (exact) mass is 364 g/mol. The van der Waals surface area contributed by atoms with Gasteiger partial charge < -0.3 is 15.4 Å². The highest BCUT2D eigenvalue weighted by Gasteiger charge is 2.54. The van der Waals surface area contributed by atoms with E-state index in [9.17, 15) is 14.4 Å². The lowest BCUT2D eigenvalue weighted by Crippen LogP contribution is -2.53. The maximum atomic E-state index is 12.8. The van der Waals surface area contributed by atoms with Crippen LogP contribution in [0.3, 0.4) is 0 Å². The van der Waals surface area contributed by atoms with Crippen molar-refractivity contribution in [1.29, 1.82) is 0 Å². The molecular formula is C20H32N2O4. The van der Waals surface area contributed by atoms with E-state index in [1.165, 1.54) is 19.3 Å². The SMILES string of the molecule is CCOC(=O)CCCNC(=O)CCNC(=O)C12CC3CC(CC(C3)C1)C2. The van der Waals surface area contributed by atoms with Crippen LogP contribution >= 0.6 is 0 Å². The van der Waals surface area contributed by atoms with E-state index in [-0.39, 0.29) is 29.6 Å². The van der Waals surface area contributed by atoms with Crippen LogP contribution < -0.4 is 10.6 Å². The molecule has 4 saturated carbocycles. The van der Waals surface area contributed by atoms with Crippen LogP contribution in [-0.2, 0) is 19.1 Å². The average molecular weight is 364 g/mol. The minimum atomic E-state index is -0.232. The van der Waals surface area contributed by atoms with Gasteiger partial charge in [0.1, 0.15) is 0 Å². The highest BCUT2D eigenvalue weighted by atomic mass is 16.5. The molecule has 0 aromatic heterocycles. The summed E-state index contributed by atoms with van der Waals surface area (Å²) in [5.74, 6) is 2.09. The van der Waals surface area contributed by atoms with Gasteiger partial charge in [0.2, 0.25) is 11.8 Å². The Bertz CT molecular complexity index is 511. The van der Waals surface area contributed by atoms with E-state index >= 15 is 0 Å². The van der Waals surface area contributed by atoms with E-state index in [4.69, 9.17) is 4.74 Å².